The molecule has 2 amide bonds. The number of carbonyl (C=O) groups is 1. The van der Waals surface area contributed by atoms with Gasteiger partial charge >= 0.3 is 12.2 Å². The molecule has 2 heterocycles. The van der Waals surface area contributed by atoms with Crippen LogP contribution < -0.4 is 15.4 Å². The van der Waals surface area contributed by atoms with Crippen LogP contribution in [0.3, 0.4) is 0 Å². The molecule has 1 aliphatic carbocycles. The van der Waals surface area contributed by atoms with Gasteiger partial charge in [-0.1, -0.05) is 30.3 Å². The van der Waals surface area contributed by atoms with Gasteiger partial charge in [-0.25, -0.2) is 9.48 Å². The lowest BCUT2D eigenvalue weighted by atomic mass is 9.94. The predicted molar refractivity (Wildman–Crippen MR) is 130 cm³/mol. The Labute approximate surface area is 207 Å². The second-order valence-corrected chi connectivity index (χ2v) is 9.27. The Morgan fingerprint density at radius 3 is 2.67 bits per heavy atom. The van der Waals surface area contributed by atoms with Crippen molar-refractivity contribution >= 4 is 11.8 Å². The number of methoxy groups -OCH3 is 1. The summed E-state index contributed by atoms with van der Waals surface area (Å²) in [7, 11) is 1.54. The molecular weight excluding hydrogens is 471 g/mol. The number of aromatic nitrogens is 2. The highest BCUT2D eigenvalue weighted by molar-refractivity contribution is 5.90. The number of urea groups is 1. The van der Waals surface area contributed by atoms with Gasteiger partial charge in [0.15, 0.2) is 0 Å². The number of rotatable bonds is 6. The van der Waals surface area contributed by atoms with Gasteiger partial charge in [-0.05, 0) is 49.1 Å². The Morgan fingerprint density at radius 1 is 1.11 bits per heavy atom. The fraction of sp³-hybridized carbons (Fsp3) is 0.385. The number of halogens is 3. The van der Waals surface area contributed by atoms with Crippen molar-refractivity contribution in [3.63, 3.8) is 0 Å². The van der Waals surface area contributed by atoms with E-state index < -0.39 is 24.8 Å². The lowest BCUT2D eigenvalue weighted by Crippen LogP contribution is -2.43. The zero-order valence-corrected chi connectivity index (χ0v) is 19.9. The van der Waals surface area contributed by atoms with Crippen LogP contribution in [0.15, 0.2) is 54.6 Å². The quantitative estimate of drug-likeness (QED) is 0.523. The van der Waals surface area contributed by atoms with Crippen molar-refractivity contribution < 1.29 is 22.7 Å². The Balaban J connectivity index is 1.38. The van der Waals surface area contributed by atoms with Gasteiger partial charge in [-0.15, -0.1) is 0 Å². The Bertz CT molecular complexity index is 1230. The number of nitrogens with zero attached hydrogens (tertiary/aromatic N) is 3. The van der Waals surface area contributed by atoms with E-state index in [0.717, 1.165) is 41.8 Å². The molecule has 5 rings (SSSR count). The molecule has 1 aliphatic heterocycles. The molecule has 3 aromatic rings. The Morgan fingerprint density at radius 2 is 1.92 bits per heavy atom. The van der Waals surface area contributed by atoms with Crippen molar-refractivity contribution in [2.24, 2.45) is 0 Å². The van der Waals surface area contributed by atoms with E-state index in [0.29, 0.717) is 11.6 Å². The third-order valence-electron chi connectivity index (χ3n) is 6.78. The number of hydrogen-bond donors (Lipinski definition) is 2. The van der Waals surface area contributed by atoms with Crippen LogP contribution in [0.5, 0.6) is 5.75 Å². The molecule has 1 saturated heterocycles. The van der Waals surface area contributed by atoms with E-state index in [9.17, 15) is 18.0 Å². The largest absolute Gasteiger partial charge is 0.497 e. The molecule has 2 atom stereocenters. The Hall–Kier alpha value is -3.53. The molecule has 190 valence electrons. The van der Waals surface area contributed by atoms with E-state index in [2.05, 4.69) is 10.6 Å². The average Bonchev–Trinajstić information content (AvgIpc) is 3.55. The molecule has 0 radical (unpaired) electrons. The van der Waals surface area contributed by atoms with Gasteiger partial charge in [0, 0.05) is 24.6 Å². The monoisotopic (exact) mass is 499 g/mol. The van der Waals surface area contributed by atoms with E-state index in [1.165, 1.54) is 4.90 Å². The SMILES string of the molecule is COc1cccc(C2CN(CC(F)(F)F)C[C@H]2NC(=O)Nc2c3c(nn2-c2ccccc2)CCC3)c1. The number of anilines is 1. The van der Waals surface area contributed by atoms with Gasteiger partial charge in [0.2, 0.25) is 0 Å². The summed E-state index contributed by atoms with van der Waals surface area (Å²) in [5.74, 6) is 0.902. The third-order valence-corrected chi connectivity index (χ3v) is 6.78. The fourth-order valence-corrected chi connectivity index (χ4v) is 5.21. The number of aryl methyl sites for hydroxylation is 1. The standard InChI is InChI=1S/C26H28F3N5O2/c1-36-19-10-5-7-17(13-19)21-14-33(16-26(27,28)29)15-23(21)30-25(35)31-24-20-11-6-12-22(20)32-34(24)18-8-3-2-4-9-18/h2-5,7-10,13,21,23H,6,11-12,14-16H2,1H3,(H2,30,31,35)/t21?,23-/m1/s1. The van der Waals surface area contributed by atoms with Gasteiger partial charge in [-0.3, -0.25) is 10.2 Å². The smallest absolute Gasteiger partial charge is 0.401 e. The molecule has 1 aromatic heterocycles. The van der Waals surface area contributed by atoms with E-state index in [4.69, 9.17) is 9.84 Å². The van der Waals surface area contributed by atoms with Gasteiger partial charge in [0.05, 0.1) is 31.1 Å². The molecule has 10 heteroatoms. The number of nitrogens with one attached hydrogen (secondary N) is 2. The highest BCUT2D eigenvalue weighted by Gasteiger charge is 2.40. The maximum atomic E-state index is 13.2. The summed E-state index contributed by atoms with van der Waals surface area (Å²) in [5.41, 5.74) is 3.61. The van der Waals surface area contributed by atoms with E-state index >= 15 is 0 Å². The van der Waals surface area contributed by atoms with Gasteiger partial charge in [0.25, 0.3) is 0 Å². The van der Waals surface area contributed by atoms with Crippen LogP contribution in [0.4, 0.5) is 23.8 Å². The number of para-hydroxylation sites is 1. The van der Waals surface area contributed by atoms with Crippen LogP contribution in [0.25, 0.3) is 5.69 Å². The van der Waals surface area contributed by atoms with E-state index in [-0.39, 0.29) is 19.0 Å². The first-order valence-corrected chi connectivity index (χ1v) is 12.0. The van der Waals surface area contributed by atoms with Gasteiger partial charge in [-0.2, -0.15) is 18.3 Å². The van der Waals surface area contributed by atoms with Crippen LogP contribution in [-0.4, -0.2) is 59.7 Å². The molecule has 7 nitrogen and oxygen atoms in total. The van der Waals surface area contributed by atoms with Crippen LogP contribution >= 0.6 is 0 Å². The molecule has 0 saturated carbocycles. The van der Waals surface area contributed by atoms with Crippen molar-refractivity contribution in [3.05, 3.63) is 71.4 Å². The van der Waals surface area contributed by atoms with Crippen LogP contribution in [0, 0.1) is 0 Å². The third kappa shape index (κ3) is 5.18. The summed E-state index contributed by atoms with van der Waals surface area (Å²) in [6.07, 6.45) is -1.69. The van der Waals surface area contributed by atoms with E-state index in [1.807, 2.05) is 42.5 Å². The minimum absolute atomic E-state index is 0.0882. The second-order valence-electron chi connectivity index (χ2n) is 9.27. The van der Waals surface area contributed by atoms with Gasteiger partial charge < -0.3 is 10.1 Å². The molecule has 36 heavy (non-hydrogen) atoms. The number of fused-ring (bicyclic) bond motifs is 1. The zero-order valence-electron chi connectivity index (χ0n) is 19.9. The first-order valence-electron chi connectivity index (χ1n) is 12.0. The number of alkyl halides is 3. The number of hydrogen-bond acceptors (Lipinski definition) is 4. The topological polar surface area (TPSA) is 71.4 Å². The van der Waals surface area contributed by atoms with Crippen molar-refractivity contribution in [1.29, 1.82) is 0 Å². The van der Waals surface area contributed by atoms with Crippen molar-refractivity contribution in [3.8, 4) is 11.4 Å². The highest BCUT2D eigenvalue weighted by atomic mass is 19.4. The lowest BCUT2D eigenvalue weighted by molar-refractivity contribution is -0.143. The zero-order chi connectivity index (χ0) is 25.3. The number of amides is 2. The summed E-state index contributed by atoms with van der Waals surface area (Å²) < 4.78 is 46.5. The molecule has 1 fully saturated rings. The van der Waals surface area contributed by atoms with Crippen LogP contribution in [0.2, 0.25) is 0 Å². The predicted octanol–water partition coefficient (Wildman–Crippen LogP) is 4.52. The fourth-order valence-electron chi connectivity index (χ4n) is 5.21. The van der Waals surface area contributed by atoms with Crippen LogP contribution in [-0.2, 0) is 12.8 Å². The molecule has 0 spiro atoms. The molecular formula is C26H28F3N5O2. The molecule has 2 N–H and O–H groups in total. The highest BCUT2D eigenvalue weighted by Crippen LogP contribution is 2.33. The average molecular weight is 500 g/mol. The van der Waals surface area contributed by atoms with Crippen molar-refractivity contribution in [2.45, 2.75) is 37.4 Å². The number of benzene rings is 2. The summed E-state index contributed by atoms with van der Waals surface area (Å²) in [5, 5.41) is 10.6. The first kappa shape index (κ1) is 24.2. The summed E-state index contributed by atoms with van der Waals surface area (Å²) in [6.45, 7) is -0.763. The van der Waals surface area contributed by atoms with Crippen molar-refractivity contribution in [1.82, 2.24) is 20.0 Å². The first-order chi connectivity index (χ1) is 17.3. The maximum absolute atomic E-state index is 13.2. The number of likely N-dealkylation sites (tertiary alicyclic amines) is 1. The minimum atomic E-state index is -4.32. The maximum Gasteiger partial charge on any atom is 0.401 e. The summed E-state index contributed by atoms with van der Waals surface area (Å²) in [4.78, 5) is 14.5. The minimum Gasteiger partial charge on any atom is -0.497 e. The second kappa shape index (κ2) is 9.85. The summed E-state index contributed by atoms with van der Waals surface area (Å²) in [6, 6.07) is 15.8. The van der Waals surface area contributed by atoms with Crippen LogP contribution in [0.1, 0.15) is 29.2 Å². The lowest BCUT2D eigenvalue weighted by Gasteiger charge is -2.21. The van der Waals surface area contributed by atoms with E-state index in [1.54, 1.807) is 23.9 Å². The summed E-state index contributed by atoms with van der Waals surface area (Å²) >= 11 is 0. The molecule has 1 unspecified atom stereocenters. The molecule has 2 aromatic carbocycles. The number of carbonyl (C=O) groups excluding carboxylic acids is 1. The van der Waals surface area contributed by atoms with Gasteiger partial charge in [0.1, 0.15) is 11.6 Å². The molecule has 0 bridgehead atoms. The Kier molecular flexibility index (Phi) is 6.61. The number of ether oxygens (including phenoxy) is 1. The molecule has 2 aliphatic rings. The normalized spacial score (nSPS) is 19.8. The van der Waals surface area contributed by atoms with Crippen molar-refractivity contribution in [2.75, 3.05) is 32.1 Å².